The maximum absolute atomic E-state index is 12.0. The Labute approximate surface area is 163 Å². The molecule has 0 aliphatic carbocycles. The number of thioether (sulfide) groups is 1. The molecule has 0 radical (unpaired) electrons. The first-order chi connectivity index (χ1) is 12.5. The van der Waals surface area contributed by atoms with E-state index in [-0.39, 0.29) is 11.7 Å². The zero-order valence-electron chi connectivity index (χ0n) is 13.4. The maximum atomic E-state index is 12.0. The highest BCUT2D eigenvalue weighted by Gasteiger charge is 2.16. The van der Waals surface area contributed by atoms with Gasteiger partial charge in [0.15, 0.2) is 5.82 Å². The highest BCUT2D eigenvalue weighted by Crippen LogP contribution is 2.30. The Hall–Kier alpha value is -2.29. The summed E-state index contributed by atoms with van der Waals surface area (Å²) >= 11 is 13.2. The van der Waals surface area contributed by atoms with Crippen LogP contribution in [-0.2, 0) is 11.3 Å². The molecule has 3 aromatic rings. The minimum absolute atomic E-state index is 0.149. The first kappa shape index (κ1) is 18.5. The van der Waals surface area contributed by atoms with Crippen LogP contribution in [0.5, 0.6) is 0 Å². The molecule has 3 rings (SSSR count). The van der Waals surface area contributed by atoms with Crippen LogP contribution in [0.2, 0.25) is 10.0 Å². The number of nitrogens with zero attached hydrogens (tertiary/aromatic N) is 4. The van der Waals surface area contributed by atoms with Crippen molar-refractivity contribution in [3.05, 3.63) is 58.3 Å². The number of nitrogen functional groups attached to an aromatic ring is 1. The molecule has 0 saturated heterocycles. The second-order valence-corrected chi connectivity index (χ2v) is 6.97. The Kier molecular flexibility index (Phi) is 5.97. The van der Waals surface area contributed by atoms with Gasteiger partial charge in [-0.3, -0.25) is 9.78 Å². The van der Waals surface area contributed by atoms with Crippen LogP contribution in [0.4, 0.5) is 0 Å². The largest absolute Gasteiger partial charge is 0.350 e. The van der Waals surface area contributed by atoms with Crippen LogP contribution in [0, 0.1) is 0 Å². The molecule has 3 N–H and O–H groups in total. The Bertz CT molecular complexity index is 918. The fourth-order valence-corrected chi connectivity index (χ4v) is 3.28. The van der Waals surface area contributed by atoms with E-state index in [1.54, 1.807) is 24.4 Å². The summed E-state index contributed by atoms with van der Waals surface area (Å²) in [6.45, 7) is 0.362. The molecule has 7 nitrogen and oxygen atoms in total. The number of pyridine rings is 1. The summed E-state index contributed by atoms with van der Waals surface area (Å²) in [5, 5.41) is 12.2. The number of halogens is 2. The molecule has 0 atom stereocenters. The van der Waals surface area contributed by atoms with Crippen LogP contribution >= 0.6 is 35.0 Å². The molecule has 0 fully saturated rings. The monoisotopic (exact) mass is 408 g/mol. The van der Waals surface area contributed by atoms with Crippen molar-refractivity contribution in [3.63, 3.8) is 0 Å². The van der Waals surface area contributed by atoms with Crippen molar-refractivity contribution in [2.75, 3.05) is 11.6 Å². The maximum Gasteiger partial charge on any atom is 0.230 e. The van der Waals surface area contributed by atoms with E-state index in [9.17, 15) is 4.79 Å². The predicted molar refractivity (Wildman–Crippen MR) is 102 cm³/mol. The van der Waals surface area contributed by atoms with E-state index >= 15 is 0 Å². The van der Waals surface area contributed by atoms with E-state index in [2.05, 4.69) is 20.5 Å². The van der Waals surface area contributed by atoms with Gasteiger partial charge in [0.05, 0.1) is 23.0 Å². The number of rotatable bonds is 6. The predicted octanol–water partition coefficient (Wildman–Crippen LogP) is 2.77. The summed E-state index contributed by atoms with van der Waals surface area (Å²) < 4.78 is 1.30. The van der Waals surface area contributed by atoms with Crippen LogP contribution in [0.3, 0.4) is 0 Å². The SMILES string of the molecule is Nn1c(SCC(=O)NCc2ccccn2)nnc1-c1ccc(Cl)cc1Cl. The number of hydrogen-bond acceptors (Lipinski definition) is 6. The average Bonchev–Trinajstić information content (AvgIpc) is 3.00. The quantitative estimate of drug-likeness (QED) is 0.480. The number of hydrogen-bond donors (Lipinski definition) is 2. The van der Waals surface area contributed by atoms with Crippen molar-refractivity contribution in [1.29, 1.82) is 0 Å². The lowest BCUT2D eigenvalue weighted by molar-refractivity contribution is -0.118. The standard InChI is InChI=1S/C16H14Cl2N6OS/c17-10-4-5-12(13(18)7-10)15-22-23-16(24(15)19)26-9-14(25)21-8-11-3-1-2-6-20-11/h1-7H,8-9,19H2,(H,21,25). The van der Waals surface area contributed by atoms with Crippen molar-refractivity contribution < 1.29 is 4.79 Å². The zero-order valence-corrected chi connectivity index (χ0v) is 15.7. The Morgan fingerprint density at radius 1 is 1.23 bits per heavy atom. The van der Waals surface area contributed by atoms with Gasteiger partial charge in [-0.1, -0.05) is 41.0 Å². The summed E-state index contributed by atoms with van der Waals surface area (Å²) in [5.74, 6) is 6.41. The molecule has 1 aromatic carbocycles. The lowest BCUT2D eigenvalue weighted by atomic mass is 10.2. The van der Waals surface area contributed by atoms with Crippen molar-refractivity contribution >= 4 is 40.9 Å². The highest BCUT2D eigenvalue weighted by atomic mass is 35.5. The number of carbonyl (C=O) groups excluding carboxylic acids is 1. The third-order valence-corrected chi connectivity index (χ3v) is 4.85. The molecule has 26 heavy (non-hydrogen) atoms. The van der Waals surface area contributed by atoms with Gasteiger partial charge in [0.25, 0.3) is 0 Å². The summed E-state index contributed by atoms with van der Waals surface area (Å²) in [6, 6.07) is 10.5. The molecule has 0 bridgehead atoms. The summed E-state index contributed by atoms with van der Waals surface area (Å²) in [5.41, 5.74) is 1.39. The van der Waals surface area contributed by atoms with Crippen LogP contribution in [-0.4, -0.2) is 31.5 Å². The Morgan fingerprint density at radius 3 is 2.81 bits per heavy atom. The minimum Gasteiger partial charge on any atom is -0.350 e. The molecular formula is C16H14Cl2N6OS. The molecule has 0 unspecified atom stereocenters. The van der Waals surface area contributed by atoms with Crippen molar-refractivity contribution in [2.24, 2.45) is 0 Å². The Balaban J connectivity index is 1.61. The van der Waals surface area contributed by atoms with Gasteiger partial charge >= 0.3 is 0 Å². The highest BCUT2D eigenvalue weighted by molar-refractivity contribution is 7.99. The summed E-state index contributed by atoms with van der Waals surface area (Å²) in [6.07, 6.45) is 1.68. The van der Waals surface area contributed by atoms with Crippen molar-refractivity contribution in [2.45, 2.75) is 11.7 Å². The zero-order chi connectivity index (χ0) is 18.5. The number of nitrogens with two attached hydrogens (primary N) is 1. The number of nitrogens with one attached hydrogen (secondary N) is 1. The van der Waals surface area contributed by atoms with Gasteiger partial charge in [-0.15, -0.1) is 10.2 Å². The number of amides is 1. The van der Waals surface area contributed by atoms with E-state index in [0.717, 1.165) is 5.69 Å². The van der Waals surface area contributed by atoms with Crippen LogP contribution in [0.15, 0.2) is 47.8 Å². The van der Waals surface area contributed by atoms with E-state index in [0.29, 0.717) is 33.1 Å². The van der Waals surface area contributed by atoms with Gasteiger partial charge in [0, 0.05) is 16.8 Å². The van der Waals surface area contributed by atoms with E-state index in [1.165, 1.54) is 16.4 Å². The number of carbonyl (C=O) groups is 1. The van der Waals surface area contributed by atoms with Gasteiger partial charge in [-0.25, -0.2) is 4.68 Å². The van der Waals surface area contributed by atoms with Crippen molar-refractivity contribution in [3.8, 4) is 11.4 Å². The fourth-order valence-electron chi connectivity index (χ4n) is 2.10. The first-order valence-electron chi connectivity index (χ1n) is 7.50. The molecule has 0 aliphatic heterocycles. The molecule has 0 spiro atoms. The number of aromatic nitrogens is 4. The summed E-state index contributed by atoms with van der Waals surface area (Å²) in [4.78, 5) is 16.1. The average molecular weight is 409 g/mol. The second-order valence-electron chi connectivity index (χ2n) is 5.19. The third-order valence-electron chi connectivity index (χ3n) is 3.36. The van der Waals surface area contributed by atoms with Gasteiger partial charge < -0.3 is 11.2 Å². The molecule has 0 saturated carbocycles. The van der Waals surface area contributed by atoms with Gasteiger partial charge in [0.1, 0.15) is 0 Å². The number of benzene rings is 1. The fraction of sp³-hybridized carbons (Fsp3) is 0.125. The first-order valence-corrected chi connectivity index (χ1v) is 9.24. The molecule has 2 heterocycles. The van der Waals surface area contributed by atoms with Gasteiger partial charge in [-0.2, -0.15) is 0 Å². The molecule has 2 aromatic heterocycles. The third kappa shape index (κ3) is 4.46. The lowest BCUT2D eigenvalue weighted by Crippen LogP contribution is -2.25. The molecule has 10 heteroatoms. The topological polar surface area (TPSA) is 98.7 Å². The minimum atomic E-state index is -0.158. The van der Waals surface area contributed by atoms with E-state index in [4.69, 9.17) is 29.0 Å². The normalized spacial score (nSPS) is 10.7. The van der Waals surface area contributed by atoms with E-state index in [1.807, 2.05) is 18.2 Å². The van der Waals surface area contributed by atoms with Crippen molar-refractivity contribution in [1.82, 2.24) is 25.2 Å². The second kappa shape index (κ2) is 8.39. The van der Waals surface area contributed by atoms with Gasteiger partial charge in [0.2, 0.25) is 11.1 Å². The molecule has 134 valence electrons. The van der Waals surface area contributed by atoms with Gasteiger partial charge in [-0.05, 0) is 30.3 Å². The smallest absolute Gasteiger partial charge is 0.230 e. The summed E-state index contributed by atoms with van der Waals surface area (Å²) in [7, 11) is 0. The molecule has 0 aliphatic rings. The lowest BCUT2D eigenvalue weighted by Gasteiger charge is -2.06. The van der Waals surface area contributed by atoms with Crippen LogP contribution < -0.4 is 11.2 Å². The van der Waals surface area contributed by atoms with Crippen LogP contribution in [0.25, 0.3) is 11.4 Å². The molecule has 1 amide bonds. The molecular weight excluding hydrogens is 395 g/mol. The Morgan fingerprint density at radius 2 is 2.08 bits per heavy atom. The van der Waals surface area contributed by atoms with Crippen LogP contribution in [0.1, 0.15) is 5.69 Å². The van der Waals surface area contributed by atoms with E-state index < -0.39 is 0 Å².